The molecule has 3 unspecified atom stereocenters. The molecule has 9 heteroatoms. The Labute approximate surface area is 154 Å². The number of fused-ring (bicyclic) bond motifs is 1. The number of guanidine groups is 1. The highest BCUT2D eigenvalue weighted by molar-refractivity contribution is 14.0. The smallest absolute Gasteiger partial charge is 0.406 e. The summed E-state index contributed by atoms with van der Waals surface area (Å²) in [6.07, 6.45) is -1.52. The molecule has 5 nitrogen and oxygen atoms in total. The van der Waals surface area contributed by atoms with Crippen LogP contribution in [-0.2, 0) is 4.74 Å². The van der Waals surface area contributed by atoms with Crippen molar-refractivity contribution in [1.82, 2.24) is 0 Å². The molecule has 1 saturated carbocycles. The summed E-state index contributed by atoms with van der Waals surface area (Å²) in [5, 5.41) is 2.80. The molecule has 1 aliphatic heterocycles. The van der Waals surface area contributed by atoms with Gasteiger partial charge in [0.2, 0.25) is 0 Å². The van der Waals surface area contributed by atoms with Crippen molar-refractivity contribution >= 4 is 35.6 Å². The van der Waals surface area contributed by atoms with Crippen molar-refractivity contribution in [2.24, 2.45) is 16.6 Å². The Bertz CT molecular complexity index is 598. The van der Waals surface area contributed by atoms with Crippen molar-refractivity contribution in [3.8, 4) is 5.75 Å². The van der Waals surface area contributed by atoms with E-state index in [9.17, 15) is 13.2 Å². The van der Waals surface area contributed by atoms with Crippen LogP contribution in [0.5, 0.6) is 5.75 Å². The number of hydrogen-bond acceptors (Lipinski definition) is 3. The van der Waals surface area contributed by atoms with E-state index in [2.05, 4.69) is 15.0 Å². The van der Waals surface area contributed by atoms with E-state index in [0.29, 0.717) is 11.6 Å². The van der Waals surface area contributed by atoms with E-state index in [-0.39, 0.29) is 47.8 Å². The zero-order valence-electron chi connectivity index (χ0n) is 12.8. The summed E-state index contributed by atoms with van der Waals surface area (Å²) >= 11 is 0. The maximum absolute atomic E-state index is 12.2. The van der Waals surface area contributed by atoms with Gasteiger partial charge >= 0.3 is 6.36 Å². The van der Waals surface area contributed by atoms with Gasteiger partial charge in [-0.05, 0) is 31.4 Å². The van der Waals surface area contributed by atoms with Crippen LogP contribution in [0.3, 0.4) is 0 Å². The van der Waals surface area contributed by atoms with Gasteiger partial charge in [-0.1, -0.05) is 6.07 Å². The fourth-order valence-electron chi connectivity index (χ4n) is 3.04. The Balaban J connectivity index is 0.00000208. The first-order valence-corrected chi connectivity index (χ1v) is 7.48. The first kappa shape index (κ1) is 19.1. The Morgan fingerprint density at radius 3 is 2.88 bits per heavy atom. The molecule has 1 heterocycles. The van der Waals surface area contributed by atoms with Crippen molar-refractivity contribution in [2.75, 3.05) is 11.9 Å². The monoisotopic (exact) mass is 457 g/mol. The Morgan fingerprint density at radius 1 is 1.38 bits per heavy atom. The van der Waals surface area contributed by atoms with Crippen LogP contribution in [0.25, 0.3) is 0 Å². The van der Waals surface area contributed by atoms with Crippen molar-refractivity contribution < 1.29 is 22.6 Å². The zero-order valence-corrected chi connectivity index (χ0v) is 15.1. The molecule has 3 rings (SSSR count). The molecule has 0 aromatic heterocycles. The molecular weight excluding hydrogens is 438 g/mol. The lowest BCUT2D eigenvalue weighted by Gasteiger charge is -2.45. The van der Waals surface area contributed by atoms with E-state index in [1.165, 1.54) is 18.2 Å². The van der Waals surface area contributed by atoms with Crippen molar-refractivity contribution in [2.45, 2.75) is 37.8 Å². The lowest BCUT2D eigenvalue weighted by atomic mass is 9.73. The number of anilines is 1. The molecule has 3 N–H and O–H groups in total. The van der Waals surface area contributed by atoms with Crippen LogP contribution in [0.15, 0.2) is 29.3 Å². The van der Waals surface area contributed by atoms with Gasteiger partial charge in [-0.15, -0.1) is 37.1 Å². The molecule has 2 aliphatic rings. The average Bonchev–Trinajstić information content (AvgIpc) is 2.43. The van der Waals surface area contributed by atoms with E-state index < -0.39 is 6.36 Å². The normalized spacial score (nSPS) is 26.6. The highest BCUT2D eigenvalue weighted by atomic mass is 127. The molecule has 0 bridgehead atoms. The summed E-state index contributed by atoms with van der Waals surface area (Å²) in [6.45, 7) is 0.803. The average molecular weight is 457 g/mol. The van der Waals surface area contributed by atoms with Crippen LogP contribution in [0, 0.1) is 5.92 Å². The van der Waals surface area contributed by atoms with E-state index in [1.54, 1.807) is 6.07 Å². The second kappa shape index (κ2) is 7.77. The predicted molar refractivity (Wildman–Crippen MR) is 94.7 cm³/mol. The Morgan fingerprint density at radius 2 is 2.17 bits per heavy atom. The number of rotatable bonds is 3. The molecule has 134 valence electrons. The first-order valence-electron chi connectivity index (χ1n) is 7.48. The summed E-state index contributed by atoms with van der Waals surface area (Å²) < 4.78 is 46.1. The molecule has 3 atom stereocenters. The highest BCUT2D eigenvalue weighted by Gasteiger charge is 2.43. The minimum atomic E-state index is -4.72. The van der Waals surface area contributed by atoms with Crippen LogP contribution in [0.4, 0.5) is 18.9 Å². The van der Waals surface area contributed by atoms with Crippen molar-refractivity contribution in [3.63, 3.8) is 0 Å². The number of nitrogens with zero attached hydrogens (tertiary/aromatic N) is 1. The summed E-state index contributed by atoms with van der Waals surface area (Å²) in [5.74, 6) is 0.270. The van der Waals surface area contributed by atoms with Crippen LogP contribution in [0.2, 0.25) is 0 Å². The number of hydrogen-bond donors (Lipinski definition) is 2. The van der Waals surface area contributed by atoms with E-state index in [0.717, 1.165) is 25.9 Å². The standard InChI is InChI=1S/C15H18F3N3O2.HI/c16-15(17,18)23-10-4-1-3-9(7-10)20-14(19)21-12-8-13-11(12)5-2-6-22-13;/h1,3-4,7,11-13H,2,5-6,8H2,(H3,19,20,21);1H. The largest absolute Gasteiger partial charge is 0.573 e. The SMILES string of the molecule is I.NC(=NC1CC2OCCCC12)Nc1cccc(OC(F)(F)F)c1. The van der Waals surface area contributed by atoms with Gasteiger partial charge < -0.3 is 20.5 Å². The molecule has 24 heavy (non-hydrogen) atoms. The summed E-state index contributed by atoms with van der Waals surface area (Å²) in [5.41, 5.74) is 6.24. The summed E-state index contributed by atoms with van der Waals surface area (Å²) in [6, 6.07) is 5.61. The minimum Gasteiger partial charge on any atom is -0.406 e. The van der Waals surface area contributed by atoms with Gasteiger partial charge in [-0.3, -0.25) is 0 Å². The minimum absolute atomic E-state index is 0. The molecule has 1 aliphatic carbocycles. The lowest BCUT2D eigenvalue weighted by Crippen LogP contribution is -2.49. The van der Waals surface area contributed by atoms with Crippen LogP contribution in [0.1, 0.15) is 19.3 Å². The molecule has 1 saturated heterocycles. The summed E-state index contributed by atoms with van der Waals surface area (Å²) in [7, 11) is 0. The third-order valence-electron chi connectivity index (χ3n) is 4.10. The number of benzene rings is 1. The number of nitrogens with two attached hydrogens (primary N) is 1. The van der Waals surface area contributed by atoms with Crippen LogP contribution >= 0.6 is 24.0 Å². The molecule has 0 amide bonds. The number of ether oxygens (including phenoxy) is 2. The third-order valence-corrected chi connectivity index (χ3v) is 4.10. The van der Waals surface area contributed by atoms with E-state index >= 15 is 0 Å². The third kappa shape index (κ3) is 4.88. The summed E-state index contributed by atoms with van der Waals surface area (Å²) in [4.78, 5) is 4.41. The molecule has 1 aromatic rings. The second-order valence-corrected chi connectivity index (χ2v) is 5.73. The number of aliphatic imine (C=N–C) groups is 1. The lowest BCUT2D eigenvalue weighted by molar-refractivity contribution is -0.274. The van der Waals surface area contributed by atoms with Gasteiger partial charge in [-0.25, -0.2) is 4.99 Å². The zero-order chi connectivity index (χ0) is 16.4. The highest BCUT2D eigenvalue weighted by Crippen LogP contribution is 2.39. The van der Waals surface area contributed by atoms with Gasteiger partial charge in [0.05, 0.1) is 12.1 Å². The molecular formula is C15H19F3IN3O2. The van der Waals surface area contributed by atoms with Gasteiger partial charge in [0.15, 0.2) is 5.96 Å². The number of alkyl halides is 3. The van der Waals surface area contributed by atoms with E-state index in [1.807, 2.05) is 0 Å². The maximum atomic E-state index is 12.2. The van der Waals surface area contributed by atoms with Gasteiger partial charge in [-0.2, -0.15) is 0 Å². The molecule has 1 aromatic carbocycles. The quantitative estimate of drug-likeness (QED) is 0.415. The Hall–Kier alpha value is -1.23. The van der Waals surface area contributed by atoms with Gasteiger partial charge in [0.1, 0.15) is 5.75 Å². The molecule has 0 radical (unpaired) electrons. The van der Waals surface area contributed by atoms with Gasteiger partial charge in [0.25, 0.3) is 0 Å². The van der Waals surface area contributed by atoms with Crippen LogP contribution in [-0.4, -0.2) is 31.1 Å². The number of halogens is 4. The van der Waals surface area contributed by atoms with Crippen molar-refractivity contribution in [3.05, 3.63) is 24.3 Å². The fraction of sp³-hybridized carbons (Fsp3) is 0.533. The van der Waals surface area contributed by atoms with E-state index in [4.69, 9.17) is 10.5 Å². The topological polar surface area (TPSA) is 68.9 Å². The molecule has 0 spiro atoms. The predicted octanol–water partition coefficient (Wildman–Crippen LogP) is 3.50. The Kier molecular flexibility index (Phi) is 6.18. The van der Waals surface area contributed by atoms with Crippen LogP contribution < -0.4 is 15.8 Å². The second-order valence-electron chi connectivity index (χ2n) is 5.73. The number of nitrogens with one attached hydrogen (secondary N) is 1. The fourth-order valence-corrected chi connectivity index (χ4v) is 3.04. The van der Waals surface area contributed by atoms with Gasteiger partial charge in [0, 0.05) is 24.3 Å². The van der Waals surface area contributed by atoms with Crippen molar-refractivity contribution in [1.29, 1.82) is 0 Å². The maximum Gasteiger partial charge on any atom is 0.573 e. The molecule has 2 fully saturated rings. The first-order chi connectivity index (χ1) is 10.9.